The Morgan fingerprint density at radius 2 is 1.62 bits per heavy atom. The molecule has 5 nitrogen and oxygen atoms in total. The van der Waals surface area contributed by atoms with E-state index in [1.165, 1.54) is 16.7 Å². The van der Waals surface area contributed by atoms with Crippen LogP contribution in [0.3, 0.4) is 0 Å². The Hall–Kier alpha value is -2.86. The van der Waals surface area contributed by atoms with E-state index in [0.717, 1.165) is 16.9 Å². The number of thiazole rings is 1. The van der Waals surface area contributed by atoms with Crippen molar-refractivity contribution >= 4 is 17.3 Å². The van der Waals surface area contributed by atoms with Gasteiger partial charge in [0.2, 0.25) is 0 Å². The average molecular weight is 341 g/mol. The first-order chi connectivity index (χ1) is 11.7. The number of hydrogen-bond donors (Lipinski definition) is 1. The number of ether oxygens (including phenoxy) is 2. The fraction of sp³-hybridized carbons (Fsp3) is 0.111. The summed E-state index contributed by atoms with van der Waals surface area (Å²) in [5.41, 5.74) is 2.22. The number of aromatic nitrogens is 1. The number of aromatic carboxylic acids is 1. The summed E-state index contributed by atoms with van der Waals surface area (Å²) in [6.45, 7) is 0.250. The van der Waals surface area contributed by atoms with Gasteiger partial charge >= 0.3 is 5.97 Å². The van der Waals surface area contributed by atoms with Crippen molar-refractivity contribution in [1.29, 1.82) is 0 Å². The van der Waals surface area contributed by atoms with Crippen molar-refractivity contribution in [1.82, 2.24) is 4.98 Å². The smallest absolute Gasteiger partial charge is 0.355 e. The van der Waals surface area contributed by atoms with Crippen LogP contribution in [0.15, 0.2) is 53.9 Å². The van der Waals surface area contributed by atoms with Crippen LogP contribution in [0.5, 0.6) is 11.5 Å². The van der Waals surface area contributed by atoms with Crippen molar-refractivity contribution in [2.45, 2.75) is 6.61 Å². The largest absolute Gasteiger partial charge is 0.497 e. The fourth-order valence-electron chi connectivity index (χ4n) is 2.15. The van der Waals surface area contributed by atoms with Gasteiger partial charge in [0.15, 0.2) is 5.69 Å². The van der Waals surface area contributed by atoms with Crippen LogP contribution in [0.25, 0.3) is 11.1 Å². The highest BCUT2D eigenvalue weighted by molar-refractivity contribution is 7.09. The third-order valence-electron chi connectivity index (χ3n) is 3.41. The van der Waals surface area contributed by atoms with Crippen molar-refractivity contribution < 1.29 is 19.4 Å². The van der Waals surface area contributed by atoms with E-state index in [4.69, 9.17) is 14.6 Å². The lowest BCUT2D eigenvalue weighted by atomic mass is 10.1. The highest BCUT2D eigenvalue weighted by Gasteiger charge is 2.09. The summed E-state index contributed by atoms with van der Waals surface area (Å²) >= 11 is 1.27. The molecule has 0 aliphatic carbocycles. The van der Waals surface area contributed by atoms with Crippen LogP contribution in [0, 0.1) is 0 Å². The molecule has 3 aromatic rings. The predicted molar refractivity (Wildman–Crippen MR) is 91.8 cm³/mol. The minimum Gasteiger partial charge on any atom is -0.497 e. The number of rotatable bonds is 6. The molecule has 0 aliphatic rings. The van der Waals surface area contributed by atoms with Crippen molar-refractivity contribution in [3.63, 3.8) is 0 Å². The topological polar surface area (TPSA) is 68.7 Å². The van der Waals surface area contributed by atoms with Gasteiger partial charge in [-0.1, -0.05) is 24.3 Å². The Labute approximate surface area is 143 Å². The van der Waals surface area contributed by atoms with E-state index in [-0.39, 0.29) is 12.3 Å². The van der Waals surface area contributed by atoms with E-state index in [2.05, 4.69) is 4.98 Å². The van der Waals surface area contributed by atoms with Crippen molar-refractivity contribution in [2.75, 3.05) is 7.11 Å². The van der Waals surface area contributed by atoms with Gasteiger partial charge in [0.25, 0.3) is 0 Å². The molecule has 1 aromatic heterocycles. The molecule has 6 heteroatoms. The number of hydrogen-bond acceptors (Lipinski definition) is 5. The average Bonchev–Trinajstić information content (AvgIpc) is 3.10. The Kier molecular flexibility index (Phi) is 4.77. The van der Waals surface area contributed by atoms with E-state index in [9.17, 15) is 4.79 Å². The van der Waals surface area contributed by atoms with Gasteiger partial charge in [-0.15, -0.1) is 11.3 Å². The summed E-state index contributed by atoms with van der Waals surface area (Å²) in [6, 6.07) is 15.5. The van der Waals surface area contributed by atoms with Crippen LogP contribution < -0.4 is 9.47 Å². The third-order valence-corrected chi connectivity index (χ3v) is 4.23. The molecular weight excluding hydrogens is 326 g/mol. The maximum atomic E-state index is 10.8. The van der Waals surface area contributed by atoms with Crippen LogP contribution in [-0.2, 0) is 6.61 Å². The van der Waals surface area contributed by atoms with Gasteiger partial charge in [0, 0.05) is 5.38 Å². The lowest BCUT2D eigenvalue weighted by Crippen LogP contribution is -1.99. The molecule has 0 radical (unpaired) electrons. The molecule has 122 valence electrons. The van der Waals surface area contributed by atoms with Crippen LogP contribution in [0.4, 0.5) is 0 Å². The van der Waals surface area contributed by atoms with E-state index in [1.54, 1.807) is 7.11 Å². The zero-order chi connectivity index (χ0) is 16.9. The van der Waals surface area contributed by atoms with Gasteiger partial charge in [0.1, 0.15) is 23.1 Å². The Balaban J connectivity index is 1.64. The SMILES string of the molecule is COc1ccc(-c2ccc(OCc3nc(C(=O)O)cs3)cc2)cc1. The number of methoxy groups -OCH3 is 1. The first-order valence-electron chi connectivity index (χ1n) is 7.20. The molecule has 0 amide bonds. The van der Waals surface area contributed by atoms with Crippen molar-refractivity contribution in [2.24, 2.45) is 0 Å². The summed E-state index contributed by atoms with van der Waals surface area (Å²) in [5.74, 6) is 0.503. The van der Waals surface area contributed by atoms with Gasteiger partial charge in [-0.05, 0) is 35.4 Å². The Morgan fingerprint density at radius 1 is 1.04 bits per heavy atom. The first kappa shape index (κ1) is 16.0. The molecule has 0 unspecified atom stereocenters. The minimum atomic E-state index is -1.03. The number of carboxylic acid groups (broad SMARTS) is 1. The fourth-order valence-corrected chi connectivity index (χ4v) is 2.83. The Morgan fingerprint density at radius 3 is 2.12 bits per heavy atom. The van der Waals surface area contributed by atoms with E-state index < -0.39 is 5.97 Å². The number of nitrogens with zero attached hydrogens (tertiary/aromatic N) is 1. The van der Waals surface area contributed by atoms with E-state index >= 15 is 0 Å². The summed E-state index contributed by atoms with van der Waals surface area (Å²) in [5, 5.41) is 11.0. The van der Waals surface area contributed by atoms with E-state index in [0.29, 0.717) is 10.8 Å². The second-order valence-electron chi connectivity index (χ2n) is 4.97. The van der Waals surface area contributed by atoms with Crippen LogP contribution in [-0.4, -0.2) is 23.2 Å². The zero-order valence-electron chi connectivity index (χ0n) is 12.9. The van der Waals surface area contributed by atoms with Crippen molar-refractivity contribution in [3.05, 3.63) is 64.6 Å². The van der Waals surface area contributed by atoms with Gasteiger partial charge < -0.3 is 14.6 Å². The Bertz CT molecular complexity index is 825. The second kappa shape index (κ2) is 7.14. The normalized spacial score (nSPS) is 10.4. The highest BCUT2D eigenvalue weighted by Crippen LogP contribution is 2.25. The lowest BCUT2D eigenvalue weighted by molar-refractivity contribution is 0.0691. The van der Waals surface area contributed by atoms with E-state index in [1.807, 2.05) is 48.5 Å². The predicted octanol–water partition coefficient (Wildman–Crippen LogP) is 4.10. The summed E-state index contributed by atoms with van der Waals surface area (Å²) < 4.78 is 10.8. The number of carboxylic acids is 1. The number of benzene rings is 2. The van der Waals surface area contributed by atoms with Crippen LogP contribution in [0.1, 0.15) is 15.5 Å². The second-order valence-corrected chi connectivity index (χ2v) is 5.92. The highest BCUT2D eigenvalue weighted by atomic mass is 32.1. The lowest BCUT2D eigenvalue weighted by Gasteiger charge is -2.07. The maximum absolute atomic E-state index is 10.8. The molecule has 0 bridgehead atoms. The van der Waals surface area contributed by atoms with Gasteiger partial charge in [-0.25, -0.2) is 9.78 Å². The number of carbonyl (C=O) groups is 1. The molecule has 1 N–H and O–H groups in total. The molecule has 0 atom stereocenters. The molecule has 0 fully saturated rings. The minimum absolute atomic E-state index is 0.0495. The standard InChI is InChI=1S/C18H15NO4S/c1-22-14-6-2-12(3-7-14)13-4-8-15(9-5-13)23-10-17-19-16(11-24-17)18(20)21/h2-9,11H,10H2,1H3,(H,20,21). The quantitative estimate of drug-likeness (QED) is 0.731. The zero-order valence-corrected chi connectivity index (χ0v) is 13.7. The molecule has 1 heterocycles. The maximum Gasteiger partial charge on any atom is 0.355 e. The molecular formula is C18H15NO4S. The summed E-state index contributed by atoms with van der Waals surface area (Å²) in [4.78, 5) is 14.8. The third kappa shape index (κ3) is 3.72. The molecule has 0 saturated carbocycles. The van der Waals surface area contributed by atoms with Gasteiger partial charge in [0.05, 0.1) is 7.11 Å². The van der Waals surface area contributed by atoms with Gasteiger partial charge in [-0.2, -0.15) is 0 Å². The van der Waals surface area contributed by atoms with Crippen molar-refractivity contribution in [3.8, 4) is 22.6 Å². The first-order valence-corrected chi connectivity index (χ1v) is 8.08. The monoisotopic (exact) mass is 341 g/mol. The molecule has 0 saturated heterocycles. The molecule has 2 aromatic carbocycles. The van der Waals surface area contributed by atoms with Crippen LogP contribution in [0.2, 0.25) is 0 Å². The molecule has 24 heavy (non-hydrogen) atoms. The van der Waals surface area contributed by atoms with Gasteiger partial charge in [-0.3, -0.25) is 0 Å². The van der Waals surface area contributed by atoms with Crippen LogP contribution >= 0.6 is 11.3 Å². The summed E-state index contributed by atoms with van der Waals surface area (Å²) in [7, 11) is 1.64. The molecule has 0 aliphatic heterocycles. The molecule has 0 spiro atoms. The summed E-state index contributed by atoms with van der Waals surface area (Å²) in [6.07, 6.45) is 0. The molecule has 3 rings (SSSR count).